The van der Waals surface area contributed by atoms with Gasteiger partial charge in [-0.2, -0.15) is 0 Å². The number of carbonyl (C=O) groups is 2. The molecule has 0 saturated heterocycles. The van der Waals surface area contributed by atoms with Crippen LogP contribution in [0.3, 0.4) is 0 Å². The van der Waals surface area contributed by atoms with Crippen LogP contribution in [0.4, 0.5) is 5.69 Å². The number of anilines is 1. The molecule has 9 heteroatoms. The molecule has 150 valence electrons. The molecule has 0 aliphatic carbocycles. The van der Waals surface area contributed by atoms with E-state index in [0.29, 0.717) is 30.4 Å². The van der Waals surface area contributed by atoms with E-state index in [1.54, 1.807) is 18.2 Å². The number of hydrogen-bond acceptors (Lipinski definition) is 7. The molecule has 1 aliphatic heterocycles. The molecule has 1 aromatic carbocycles. The van der Waals surface area contributed by atoms with Gasteiger partial charge in [0.05, 0.1) is 6.54 Å². The number of rotatable bonds is 5. The molecule has 0 radical (unpaired) electrons. The van der Waals surface area contributed by atoms with E-state index >= 15 is 0 Å². The summed E-state index contributed by atoms with van der Waals surface area (Å²) in [6, 6.07) is 12.4. The molecule has 3 aromatic rings. The van der Waals surface area contributed by atoms with Gasteiger partial charge in [0.2, 0.25) is 0 Å². The zero-order valence-electron chi connectivity index (χ0n) is 15.2. The van der Waals surface area contributed by atoms with Gasteiger partial charge < -0.3 is 25.2 Å². The lowest BCUT2D eigenvalue weighted by atomic mass is 10.2. The van der Waals surface area contributed by atoms with Crippen LogP contribution in [0, 0.1) is 0 Å². The third-order valence-electron chi connectivity index (χ3n) is 4.19. The summed E-state index contributed by atoms with van der Waals surface area (Å²) < 4.78 is 10.9. The van der Waals surface area contributed by atoms with Gasteiger partial charge >= 0.3 is 11.8 Å². The van der Waals surface area contributed by atoms with E-state index in [4.69, 9.17) is 9.47 Å². The Kier molecular flexibility index (Phi) is 5.79. The van der Waals surface area contributed by atoms with E-state index in [1.807, 2.05) is 29.6 Å². The first kappa shape index (κ1) is 19.4. The number of thiophene rings is 2. The van der Waals surface area contributed by atoms with Gasteiger partial charge in [-0.15, -0.1) is 22.7 Å². The minimum atomic E-state index is -0.767. The maximum Gasteiger partial charge on any atom is 0.313 e. The van der Waals surface area contributed by atoms with Crippen LogP contribution in [-0.4, -0.2) is 30.1 Å². The van der Waals surface area contributed by atoms with Crippen molar-refractivity contribution < 1.29 is 24.2 Å². The Bertz CT molecular complexity index is 1020. The normalized spacial score (nSPS) is 13.6. The minimum absolute atomic E-state index is 0.204. The van der Waals surface area contributed by atoms with Crippen LogP contribution >= 0.6 is 22.7 Å². The van der Waals surface area contributed by atoms with Crippen molar-refractivity contribution in [2.24, 2.45) is 0 Å². The molecule has 0 spiro atoms. The van der Waals surface area contributed by atoms with Crippen LogP contribution in [0.1, 0.15) is 20.7 Å². The highest BCUT2D eigenvalue weighted by Gasteiger charge is 2.18. The first-order valence-electron chi connectivity index (χ1n) is 8.89. The summed E-state index contributed by atoms with van der Waals surface area (Å²) in [5.41, 5.74) is 0.451. The van der Waals surface area contributed by atoms with Crippen molar-refractivity contribution in [3.63, 3.8) is 0 Å². The third kappa shape index (κ3) is 4.58. The highest BCUT2D eigenvalue weighted by molar-refractivity contribution is 7.12. The van der Waals surface area contributed by atoms with Crippen LogP contribution in [-0.2, 0) is 16.1 Å². The Balaban J connectivity index is 1.31. The van der Waals surface area contributed by atoms with Gasteiger partial charge in [0.1, 0.15) is 19.3 Å². The van der Waals surface area contributed by atoms with Crippen molar-refractivity contribution in [1.29, 1.82) is 0 Å². The summed E-state index contributed by atoms with van der Waals surface area (Å²) in [6.45, 7) is 1.12. The maximum atomic E-state index is 12.1. The van der Waals surface area contributed by atoms with Crippen LogP contribution in [0.15, 0.2) is 47.8 Å². The SMILES string of the molecule is O=C(NCc1ccc([C@@H](O)c2cccs2)s1)C(=O)Nc1ccc2c(c1)OCCO2. The Labute approximate surface area is 174 Å². The highest BCUT2D eigenvalue weighted by Crippen LogP contribution is 2.33. The van der Waals surface area contributed by atoms with Gasteiger partial charge in [-0.25, -0.2) is 0 Å². The molecule has 0 fully saturated rings. The number of aliphatic hydroxyl groups is 1. The number of hydrogen-bond donors (Lipinski definition) is 3. The summed E-state index contributed by atoms with van der Waals surface area (Å²) in [7, 11) is 0. The molecule has 4 rings (SSSR count). The Morgan fingerprint density at radius 3 is 2.66 bits per heavy atom. The van der Waals surface area contributed by atoms with E-state index in [1.165, 1.54) is 22.7 Å². The van der Waals surface area contributed by atoms with Crippen molar-refractivity contribution in [1.82, 2.24) is 5.32 Å². The number of nitrogens with one attached hydrogen (secondary N) is 2. The van der Waals surface area contributed by atoms with E-state index < -0.39 is 17.9 Å². The van der Waals surface area contributed by atoms with Crippen molar-refractivity contribution in [2.45, 2.75) is 12.6 Å². The molecule has 7 nitrogen and oxygen atoms in total. The topological polar surface area (TPSA) is 96.9 Å². The van der Waals surface area contributed by atoms with Gasteiger partial charge in [0, 0.05) is 26.4 Å². The second-order valence-electron chi connectivity index (χ2n) is 6.22. The quantitative estimate of drug-likeness (QED) is 0.541. The maximum absolute atomic E-state index is 12.1. The minimum Gasteiger partial charge on any atom is -0.486 e. The summed E-state index contributed by atoms with van der Waals surface area (Å²) >= 11 is 2.88. The molecular weight excluding hydrogens is 412 g/mol. The lowest BCUT2D eigenvalue weighted by Gasteiger charge is -2.18. The van der Waals surface area contributed by atoms with E-state index in [-0.39, 0.29) is 6.54 Å². The standard InChI is InChI=1S/C20H18N2O5S2/c23-18(16-2-1-9-28-16)17-6-4-13(29-17)11-21-19(24)20(25)22-12-3-5-14-15(10-12)27-8-7-26-14/h1-6,9-10,18,23H,7-8,11H2,(H,21,24)(H,22,25)/t18-/m0/s1. The molecule has 0 saturated carbocycles. The summed E-state index contributed by atoms with van der Waals surface area (Å²) in [6.07, 6.45) is -0.678. The highest BCUT2D eigenvalue weighted by atomic mass is 32.1. The fourth-order valence-electron chi connectivity index (χ4n) is 2.78. The van der Waals surface area contributed by atoms with Gasteiger partial charge in [0.15, 0.2) is 11.5 Å². The lowest BCUT2D eigenvalue weighted by Crippen LogP contribution is -2.34. The van der Waals surface area contributed by atoms with Crippen LogP contribution in [0.5, 0.6) is 11.5 Å². The molecule has 3 N–H and O–H groups in total. The monoisotopic (exact) mass is 430 g/mol. The molecule has 1 atom stereocenters. The number of ether oxygens (including phenoxy) is 2. The Morgan fingerprint density at radius 1 is 1.03 bits per heavy atom. The molecule has 29 heavy (non-hydrogen) atoms. The molecule has 2 amide bonds. The first-order valence-corrected chi connectivity index (χ1v) is 10.6. The van der Waals surface area contributed by atoms with Gasteiger partial charge in [-0.1, -0.05) is 6.07 Å². The summed E-state index contributed by atoms with van der Waals surface area (Å²) in [4.78, 5) is 26.8. The molecule has 0 bridgehead atoms. The zero-order chi connectivity index (χ0) is 20.2. The predicted molar refractivity (Wildman–Crippen MR) is 111 cm³/mol. The number of carbonyl (C=O) groups excluding carboxylic acids is 2. The molecule has 2 aromatic heterocycles. The summed E-state index contributed by atoms with van der Waals surface area (Å²) in [5.74, 6) is -0.368. The average molecular weight is 431 g/mol. The van der Waals surface area contributed by atoms with Gasteiger partial charge in [0.25, 0.3) is 0 Å². The van der Waals surface area contributed by atoms with Crippen molar-refractivity contribution in [2.75, 3.05) is 18.5 Å². The molecule has 1 aliphatic rings. The van der Waals surface area contributed by atoms with Crippen molar-refractivity contribution in [3.8, 4) is 11.5 Å². The molecule has 0 unspecified atom stereocenters. The predicted octanol–water partition coefficient (Wildman–Crippen LogP) is 2.92. The van der Waals surface area contributed by atoms with E-state index in [2.05, 4.69) is 10.6 Å². The molecular formula is C20H18N2O5S2. The number of amides is 2. The Hall–Kier alpha value is -2.88. The van der Waals surface area contributed by atoms with Crippen LogP contribution in [0.25, 0.3) is 0 Å². The number of aliphatic hydroxyl groups excluding tert-OH is 1. The van der Waals surface area contributed by atoms with Crippen molar-refractivity contribution >= 4 is 40.2 Å². The van der Waals surface area contributed by atoms with Crippen LogP contribution in [0.2, 0.25) is 0 Å². The summed E-state index contributed by atoms with van der Waals surface area (Å²) in [5, 5.41) is 17.4. The zero-order valence-corrected chi connectivity index (χ0v) is 16.8. The van der Waals surface area contributed by atoms with E-state index in [9.17, 15) is 14.7 Å². The van der Waals surface area contributed by atoms with Crippen molar-refractivity contribution in [3.05, 3.63) is 62.5 Å². The number of fused-ring (bicyclic) bond motifs is 1. The van der Waals surface area contributed by atoms with Gasteiger partial charge in [-0.3, -0.25) is 9.59 Å². The lowest BCUT2D eigenvalue weighted by molar-refractivity contribution is -0.136. The fraction of sp³-hybridized carbons (Fsp3) is 0.200. The number of benzene rings is 1. The van der Waals surface area contributed by atoms with Crippen LogP contribution < -0.4 is 20.1 Å². The van der Waals surface area contributed by atoms with Gasteiger partial charge in [-0.05, 0) is 35.7 Å². The fourth-order valence-corrected chi connectivity index (χ4v) is 4.54. The second kappa shape index (κ2) is 8.64. The third-order valence-corrected chi connectivity index (χ3v) is 6.26. The Morgan fingerprint density at radius 2 is 1.86 bits per heavy atom. The smallest absolute Gasteiger partial charge is 0.313 e. The van der Waals surface area contributed by atoms with E-state index in [0.717, 1.165) is 14.6 Å². The molecule has 3 heterocycles. The largest absolute Gasteiger partial charge is 0.486 e. The average Bonchev–Trinajstić information content (AvgIpc) is 3.43. The first-order chi connectivity index (χ1) is 14.1. The second-order valence-corrected chi connectivity index (χ2v) is 8.40.